The van der Waals surface area contributed by atoms with E-state index in [1.54, 1.807) is 0 Å². The van der Waals surface area contributed by atoms with Crippen molar-refractivity contribution in [3.63, 3.8) is 0 Å². The molecule has 0 radical (unpaired) electrons. The molecule has 5 nitrogen and oxygen atoms in total. The van der Waals surface area contributed by atoms with Crippen LogP contribution in [0.25, 0.3) is 21.3 Å². The molecule has 4 rings (SSSR count). The number of hydrogen-bond donors (Lipinski definition) is 1. The van der Waals surface area contributed by atoms with E-state index in [9.17, 15) is 0 Å². The Morgan fingerprint density at radius 3 is 2.72 bits per heavy atom. The summed E-state index contributed by atoms with van der Waals surface area (Å²) >= 11 is 1.54. The lowest BCUT2D eigenvalue weighted by Crippen LogP contribution is -2.36. The van der Waals surface area contributed by atoms with Gasteiger partial charge in [0.1, 0.15) is 5.75 Å². The van der Waals surface area contributed by atoms with E-state index < -0.39 is 0 Å². The van der Waals surface area contributed by atoms with Gasteiger partial charge in [-0.25, -0.2) is 0 Å². The van der Waals surface area contributed by atoms with Gasteiger partial charge in [-0.1, -0.05) is 19.1 Å². The van der Waals surface area contributed by atoms with Crippen molar-refractivity contribution in [3.05, 3.63) is 42.5 Å². The van der Waals surface area contributed by atoms with E-state index >= 15 is 0 Å². The third-order valence-corrected chi connectivity index (χ3v) is 6.04. The minimum absolute atomic E-state index is 0.756. The van der Waals surface area contributed by atoms with E-state index in [2.05, 4.69) is 59.6 Å². The van der Waals surface area contributed by atoms with Gasteiger partial charge in [0.2, 0.25) is 0 Å². The zero-order chi connectivity index (χ0) is 19.9. The molecule has 0 aliphatic carbocycles. The monoisotopic (exact) mass is 411 g/mol. The van der Waals surface area contributed by atoms with Crippen molar-refractivity contribution in [2.75, 3.05) is 50.9 Å². The smallest absolute Gasteiger partial charge is 0.120 e. The number of nitrogens with zero attached hydrogens (tertiary/aromatic N) is 2. The lowest BCUT2D eigenvalue weighted by atomic mass is 10.1. The van der Waals surface area contributed by atoms with Crippen LogP contribution in [0.15, 0.2) is 42.5 Å². The number of hydrogen-bond acceptors (Lipinski definition) is 6. The first kappa shape index (κ1) is 20.1. The number of morpholine rings is 1. The molecule has 1 aliphatic heterocycles. The van der Waals surface area contributed by atoms with E-state index in [4.69, 9.17) is 13.8 Å². The molecule has 0 unspecified atom stereocenters. The van der Waals surface area contributed by atoms with Crippen LogP contribution in [-0.2, 0) is 4.74 Å². The average Bonchev–Trinajstić information content (AvgIpc) is 3.20. The summed E-state index contributed by atoms with van der Waals surface area (Å²) in [6, 6.07) is 15.0. The molecule has 0 spiro atoms. The normalized spacial score (nSPS) is 14.4. The van der Waals surface area contributed by atoms with Crippen molar-refractivity contribution in [2.24, 2.45) is 0 Å². The summed E-state index contributed by atoms with van der Waals surface area (Å²) < 4.78 is 17.3. The molecular formula is C23H29N3O2S. The first-order valence-electron chi connectivity index (χ1n) is 10.5. The SMILES string of the molecule is CCNCCCCOc1ccc2c(-c3ccc(N4CCOCC4)cc3)nsc2c1. The summed E-state index contributed by atoms with van der Waals surface area (Å²) in [5.41, 5.74) is 3.46. The highest BCUT2D eigenvalue weighted by Crippen LogP contribution is 2.34. The van der Waals surface area contributed by atoms with Crippen molar-refractivity contribution in [2.45, 2.75) is 19.8 Å². The van der Waals surface area contributed by atoms with Gasteiger partial charge in [-0.15, -0.1) is 0 Å². The Morgan fingerprint density at radius 1 is 1.10 bits per heavy atom. The number of aromatic nitrogens is 1. The molecule has 0 atom stereocenters. The van der Waals surface area contributed by atoms with E-state index in [0.717, 1.165) is 75.8 Å². The molecule has 6 heteroatoms. The molecule has 2 aromatic carbocycles. The topological polar surface area (TPSA) is 46.6 Å². The number of fused-ring (bicyclic) bond motifs is 1. The third kappa shape index (κ3) is 5.07. The highest BCUT2D eigenvalue weighted by atomic mass is 32.1. The van der Waals surface area contributed by atoms with Crippen molar-refractivity contribution in [1.29, 1.82) is 0 Å². The lowest BCUT2D eigenvalue weighted by Gasteiger charge is -2.28. The second kappa shape index (κ2) is 10.1. The van der Waals surface area contributed by atoms with Gasteiger partial charge in [0.05, 0.1) is 30.2 Å². The maximum atomic E-state index is 5.93. The van der Waals surface area contributed by atoms with Crippen LogP contribution < -0.4 is 15.0 Å². The van der Waals surface area contributed by atoms with Gasteiger partial charge >= 0.3 is 0 Å². The molecule has 0 amide bonds. The number of nitrogens with one attached hydrogen (secondary N) is 1. The second-order valence-electron chi connectivity index (χ2n) is 7.24. The fourth-order valence-electron chi connectivity index (χ4n) is 3.59. The molecule has 1 fully saturated rings. The van der Waals surface area contributed by atoms with Crippen LogP contribution in [0.3, 0.4) is 0 Å². The Balaban J connectivity index is 1.40. The molecule has 3 aromatic rings. The molecule has 1 N–H and O–H groups in total. The fraction of sp³-hybridized carbons (Fsp3) is 0.435. The number of anilines is 1. The summed E-state index contributed by atoms with van der Waals surface area (Å²) in [4.78, 5) is 2.37. The highest BCUT2D eigenvalue weighted by Gasteiger charge is 2.13. The van der Waals surface area contributed by atoms with Crippen LogP contribution in [0, 0.1) is 0 Å². The molecular weight excluding hydrogens is 382 g/mol. The molecule has 1 saturated heterocycles. The third-order valence-electron chi connectivity index (χ3n) is 5.23. The fourth-order valence-corrected chi connectivity index (χ4v) is 4.41. The molecule has 0 bridgehead atoms. The summed E-state index contributed by atoms with van der Waals surface area (Å²) in [5.74, 6) is 0.929. The molecule has 0 saturated carbocycles. The maximum Gasteiger partial charge on any atom is 0.120 e. The van der Waals surface area contributed by atoms with Crippen LogP contribution in [0.5, 0.6) is 5.75 Å². The Bertz CT molecular complexity index is 904. The molecule has 1 aromatic heterocycles. The van der Waals surface area contributed by atoms with Crippen LogP contribution >= 0.6 is 11.5 Å². The second-order valence-corrected chi connectivity index (χ2v) is 8.05. The zero-order valence-corrected chi connectivity index (χ0v) is 17.8. The number of unbranched alkanes of at least 4 members (excludes halogenated alkanes) is 1. The van der Waals surface area contributed by atoms with Gasteiger partial charge in [0.15, 0.2) is 0 Å². The van der Waals surface area contributed by atoms with Gasteiger partial charge in [0.25, 0.3) is 0 Å². The summed E-state index contributed by atoms with van der Waals surface area (Å²) in [6.45, 7) is 8.49. The predicted molar refractivity (Wildman–Crippen MR) is 121 cm³/mol. The van der Waals surface area contributed by atoms with E-state index in [1.807, 2.05) is 0 Å². The Kier molecular flexibility index (Phi) is 6.98. The Labute approximate surface area is 176 Å². The molecule has 2 heterocycles. The standard InChI is InChI=1S/C23H29N3O2S/c1-2-24-11-3-4-14-28-20-9-10-21-22(17-20)29-25-23(21)18-5-7-19(8-6-18)26-12-15-27-16-13-26/h5-10,17,24H,2-4,11-16H2,1H3. The van der Waals surface area contributed by atoms with E-state index in [0.29, 0.717) is 0 Å². The van der Waals surface area contributed by atoms with E-state index in [1.165, 1.54) is 27.3 Å². The lowest BCUT2D eigenvalue weighted by molar-refractivity contribution is 0.122. The largest absolute Gasteiger partial charge is 0.494 e. The van der Waals surface area contributed by atoms with E-state index in [-0.39, 0.29) is 0 Å². The van der Waals surface area contributed by atoms with Crippen LogP contribution in [0.2, 0.25) is 0 Å². The molecule has 1 aliphatic rings. The zero-order valence-electron chi connectivity index (χ0n) is 17.0. The van der Waals surface area contributed by atoms with Crippen molar-refractivity contribution >= 4 is 27.3 Å². The van der Waals surface area contributed by atoms with Crippen LogP contribution in [0.4, 0.5) is 5.69 Å². The molecule has 29 heavy (non-hydrogen) atoms. The van der Waals surface area contributed by atoms with Crippen LogP contribution in [0.1, 0.15) is 19.8 Å². The van der Waals surface area contributed by atoms with Gasteiger partial charge < -0.3 is 19.7 Å². The Hall–Kier alpha value is -2.15. The van der Waals surface area contributed by atoms with Crippen LogP contribution in [-0.4, -0.2) is 50.4 Å². The minimum Gasteiger partial charge on any atom is -0.494 e. The van der Waals surface area contributed by atoms with Crippen molar-refractivity contribution in [3.8, 4) is 17.0 Å². The number of rotatable bonds is 9. The van der Waals surface area contributed by atoms with Crippen molar-refractivity contribution < 1.29 is 9.47 Å². The predicted octanol–water partition coefficient (Wildman–Crippen LogP) is 4.57. The maximum absolute atomic E-state index is 5.93. The van der Waals surface area contributed by atoms with Crippen molar-refractivity contribution in [1.82, 2.24) is 9.69 Å². The average molecular weight is 412 g/mol. The summed E-state index contributed by atoms with van der Waals surface area (Å²) in [5, 5.41) is 4.53. The molecule has 154 valence electrons. The van der Waals surface area contributed by atoms with Gasteiger partial charge in [0, 0.05) is 29.7 Å². The summed E-state index contributed by atoms with van der Waals surface area (Å²) in [6.07, 6.45) is 2.20. The quantitative estimate of drug-likeness (QED) is 0.523. The van der Waals surface area contributed by atoms with Gasteiger partial charge in [-0.3, -0.25) is 0 Å². The first-order chi connectivity index (χ1) is 14.3. The van der Waals surface area contributed by atoms with Gasteiger partial charge in [-0.05, 0) is 67.8 Å². The summed E-state index contributed by atoms with van der Waals surface area (Å²) in [7, 11) is 0. The number of ether oxygens (including phenoxy) is 2. The highest BCUT2D eigenvalue weighted by molar-refractivity contribution is 7.13. The Morgan fingerprint density at radius 2 is 1.93 bits per heavy atom. The minimum atomic E-state index is 0.756. The first-order valence-corrected chi connectivity index (χ1v) is 11.3. The van der Waals surface area contributed by atoms with Gasteiger partial charge in [-0.2, -0.15) is 4.37 Å². The number of benzene rings is 2.